The summed E-state index contributed by atoms with van der Waals surface area (Å²) in [5, 5.41) is 0. The quantitative estimate of drug-likeness (QED) is 0.247. The van der Waals surface area contributed by atoms with E-state index >= 15 is 0 Å². The van der Waals surface area contributed by atoms with E-state index in [1.54, 1.807) is 0 Å². The molecule has 0 aliphatic rings. The molecule has 0 N–H and O–H groups in total. The van der Waals surface area contributed by atoms with Crippen LogP contribution in [-0.4, -0.2) is 0 Å². The van der Waals surface area contributed by atoms with Crippen molar-refractivity contribution in [3.8, 4) is 0 Å². The highest BCUT2D eigenvalue weighted by molar-refractivity contribution is 5.11. The van der Waals surface area contributed by atoms with Crippen LogP contribution >= 0.6 is 0 Å². The molecule has 0 aliphatic heterocycles. The standard InChI is InChI=1S/C34H70/c1-21-32(18,30(14,15)24(6)7)34(20,27(12)13)29(23(4)5)28(22(2)3)33(19,26(10)11)31(16,17)25(8)9/h22-29H,21H2,1-20H3. The van der Waals surface area contributed by atoms with E-state index in [9.17, 15) is 0 Å². The Balaban J connectivity index is 7.72. The van der Waals surface area contributed by atoms with Crippen molar-refractivity contribution in [3.63, 3.8) is 0 Å². The molecule has 0 aromatic rings. The van der Waals surface area contributed by atoms with Gasteiger partial charge in [-0.1, -0.05) is 138 Å². The molecule has 0 radical (unpaired) electrons. The largest absolute Gasteiger partial charge is 0.0648 e. The maximum absolute atomic E-state index is 2.72. The third kappa shape index (κ3) is 5.05. The zero-order valence-electron chi connectivity index (χ0n) is 27.8. The van der Waals surface area contributed by atoms with Gasteiger partial charge in [0.2, 0.25) is 0 Å². The number of hydrogen-bond acceptors (Lipinski definition) is 0. The van der Waals surface area contributed by atoms with Crippen LogP contribution in [0.5, 0.6) is 0 Å². The average molecular weight is 479 g/mol. The minimum atomic E-state index is 0.210. The SMILES string of the molecule is CCC(C)(C(C)(C)C(C)C)C(C)(C(C)C)C(C(C)C)C(C(C)C)C(C)(C(C)C)C(C)(C)C(C)C. The lowest BCUT2D eigenvalue weighted by Gasteiger charge is -2.68. The normalized spacial score (nSPS) is 21.4. The molecule has 0 saturated heterocycles. The molecular formula is C34H70. The van der Waals surface area contributed by atoms with Gasteiger partial charge in [0.05, 0.1) is 0 Å². The van der Waals surface area contributed by atoms with E-state index < -0.39 is 0 Å². The Morgan fingerprint density at radius 3 is 0.912 bits per heavy atom. The van der Waals surface area contributed by atoms with Gasteiger partial charge in [-0.2, -0.15) is 0 Å². The molecule has 34 heavy (non-hydrogen) atoms. The van der Waals surface area contributed by atoms with Gasteiger partial charge >= 0.3 is 0 Å². The summed E-state index contributed by atoms with van der Waals surface area (Å²) < 4.78 is 0. The first-order valence-electron chi connectivity index (χ1n) is 15.0. The van der Waals surface area contributed by atoms with Crippen molar-refractivity contribution in [2.75, 3.05) is 0 Å². The van der Waals surface area contributed by atoms with Crippen molar-refractivity contribution in [3.05, 3.63) is 0 Å². The van der Waals surface area contributed by atoms with Crippen LogP contribution in [0, 0.1) is 74.4 Å². The summed E-state index contributed by atoms with van der Waals surface area (Å²) in [6.07, 6.45) is 1.23. The maximum atomic E-state index is 2.72. The highest BCUT2D eigenvalue weighted by Crippen LogP contribution is 2.69. The van der Waals surface area contributed by atoms with Crippen LogP contribution in [0.3, 0.4) is 0 Å². The van der Waals surface area contributed by atoms with Crippen molar-refractivity contribution in [2.24, 2.45) is 74.4 Å². The van der Waals surface area contributed by atoms with E-state index in [4.69, 9.17) is 0 Å². The molecule has 0 aliphatic carbocycles. The highest BCUT2D eigenvalue weighted by Gasteiger charge is 2.63. The van der Waals surface area contributed by atoms with Gasteiger partial charge in [0.1, 0.15) is 0 Å². The van der Waals surface area contributed by atoms with E-state index in [2.05, 4.69) is 138 Å². The molecule has 5 unspecified atom stereocenters. The Morgan fingerprint density at radius 2 is 0.706 bits per heavy atom. The van der Waals surface area contributed by atoms with Crippen LogP contribution in [0.2, 0.25) is 0 Å². The van der Waals surface area contributed by atoms with Gasteiger partial charge < -0.3 is 0 Å². The van der Waals surface area contributed by atoms with Crippen LogP contribution in [0.25, 0.3) is 0 Å². The molecule has 206 valence electrons. The predicted molar refractivity (Wildman–Crippen MR) is 158 cm³/mol. The minimum Gasteiger partial charge on any atom is -0.0648 e. The Morgan fingerprint density at radius 1 is 0.412 bits per heavy atom. The second-order valence-electron chi connectivity index (χ2n) is 15.9. The summed E-state index contributed by atoms with van der Waals surface area (Å²) >= 11 is 0. The molecule has 0 saturated carbocycles. The second kappa shape index (κ2) is 11.2. The van der Waals surface area contributed by atoms with Crippen molar-refractivity contribution in [1.82, 2.24) is 0 Å². The van der Waals surface area contributed by atoms with Crippen LogP contribution in [-0.2, 0) is 0 Å². The van der Waals surface area contributed by atoms with Crippen LogP contribution < -0.4 is 0 Å². The molecule has 0 heterocycles. The summed E-state index contributed by atoms with van der Waals surface area (Å²) in [6, 6.07) is 0. The average Bonchev–Trinajstić information content (AvgIpc) is 2.68. The Hall–Kier alpha value is 0. The summed E-state index contributed by atoms with van der Waals surface area (Å²) in [7, 11) is 0. The summed E-state index contributed by atoms with van der Waals surface area (Å²) in [4.78, 5) is 0. The van der Waals surface area contributed by atoms with E-state index in [-0.39, 0.29) is 27.1 Å². The highest BCUT2D eigenvalue weighted by atomic mass is 14.7. The molecular weight excluding hydrogens is 408 g/mol. The Kier molecular flexibility index (Phi) is 11.2. The zero-order valence-corrected chi connectivity index (χ0v) is 27.8. The summed E-state index contributed by atoms with van der Waals surface area (Å²) in [6.45, 7) is 50.9. The van der Waals surface area contributed by atoms with E-state index in [0.29, 0.717) is 47.3 Å². The molecule has 0 aromatic carbocycles. The Bertz CT molecular complexity index is 616. The van der Waals surface area contributed by atoms with Gasteiger partial charge in [0.25, 0.3) is 0 Å². The monoisotopic (exact) mass is 479 g/mol. The minimum absolute atomic E-state index is 0.210. The predicted octanol–water partition coefficient (Wildman–Crippen LogP) is 11.6. The summed E-state index contributed by atoms with van der Waals surface area (Å²) in [5.74, 6) is 5.08. The lowest BCUT2D eigenvalue weighted by molar-refractivity contribution is -0.199. The third-order valence-electron chi connectivity index (χ3n) is 13.2. The molecule has 0 aromatic heterocycles. The number of hydrogen-bond donors (Lipinski definition) is 0. The molecule has 0 spiro atoms. The third-order valence-corrected chi connectivity index (χ3v) is 13.2. The van der Waals surface area contributed by atoms with Gasteiger partial charge in [0, 0.05) is 0 Å². The van der Waals surface area contributed by atoms with Gasteiger partial charge in [-0.3, -0.25) is 0 Å². The molecule has 0 amide bonds. The molecule has 0 fully saturated rings. The van der Waals surface area contributed by atoms with Crippen molar-refractivity contribution in [1.29, 1.82) is 0 Å². The topological polar surface area (TPSA) is 0 Å². The molecule has 0 rings (SSSR count). The second-order valence-corrected chi connectivity index (χ2v) is 15.9. The van der Waals surface area contributed by atoms with E-state index in [0.717, 1.165) is 0 Å². The van der Waals surface area contributed by atoms with Gasteiger partial charge in [-0.25, -0.2) is 0 Å². The van der Waals surface area contributed by atoms with Crippen molar-refractivity contribution >= 4 is 0 Å². The van der Waals surface area contributed by atoms with E-state index in [1.165, 1.54) is 6.42 Å². The van der Waals surface area contributed by atoms with Gasteiger partial charge in [0.15, 0.2) is 0 Å². The van der Waals surface area contributed by atoms with Gasteiger partial charge in [-0.15, -0.1) is 0 Å². The van der Waals surface area contributed by atoms with Crippen LogP contribution in [0.1, 0.15) is 145 Å². The number of rotatable bonds is 13. The maximum Gasteiger partial charge on any atom is -0.0210 e. The summed E-state index contributed by atoms with van der Waals surface area (Å²) in [5.41, 5.74) is 1.16. The lowest BCUT2D eigenvalue weighted by atomic mass is 9.37. The Labute approximate surface area is 219 Å². The van der Waals surface area contributed by atoms with Crippen molar-refractivity contribution < 1.29 is 0 Å². The first-order chi connectivity index (χ1) is 15.0. The molecule has 0 nitrogen and oxygen atoms in total. The first kappa shape index (κ1) is 34.0. The fraction of sp³-hybridized carbons (Fsp3) is 1.00. The molecule has 0 heteroatoms. The van der Waals surface area contributed by atoms with Gasteiger partial charge in [-0.05, 0) is 80.8 Å². The van der Waals surface area contributed by atoms with Crippen molar-refractivity contribution in [2.45, 2.75) is 145 Å². The van der Waals surface area contributed by atoms with E-state index in [1.807, 2.05) is 0 Å². The fourth-order valence-corrected chi connectivity index (χ4v) is 8.70. The first-order valence-corrected chi connectivity index (χ1v) is 15.0. The fourth-order valence-electron chi connectivity index (χ4n) is 8.70. The zero-order chi connectivity index (χ0) is 27.8. The van der Waals surface area contributed by atoms with Crippen LogP contribution in [0.15, 0.2) is 0 Å². The molecule has 5 atom stereocenters. The smallest absolute Gasteiger partial charge is 0.0210 e. The van der Waals surface area contributed by atoms with Crippen LogP contribution in [0.4, 0.5) is 0 Å². The molecule has 0 bridgehead atoms. The lowest BCUT2D eigenvalue weighted by Crippen LogP contribution is -2.62.